The zero-order valence-electron chi connectivity index (χ0n) is 14.8. The summed E-state index contributed by atoms with van der Waals surface area (Å²) < 4.78 is 1.95. The fourth-order valence-corrected chi connectivity index (χ4v) is 2.83. The Morgan fingerprint density at radius 3 is 2.78 bits per heavy atom. The number of halogens is 1. The van der Waals surface area contributed by atoms with Crippen molar-refractivity contribution in [3.05, 3.63) is 71.2 Å². The third kappa shape index (κ3) is 3.50. The molecule has 134 valence electrons. The van der Waals surface area contributed by atoms with E-state index in [2.05, 4.69) is 30.5 Å². The lowest BCUT2D eigenvalue weighted by Crippen LogP contribution is -2.00. The molecule has 0 aliphatic carbocycles. The molecule has 4 rings (SSSR count). The smallest absolute Gasteiger partial charge is 0.157 e. The number of benzene rings is 1. The van der Waals surface area contributed by atoms with E-state index < -0.39 is 0 Å². The summed E-state index contributed by atoms with van der Waals surface area (Å²) in [5.41, 5.74) is 6.66. The Hall–Kier alpha value is -3.32. The summed E-state index contributed by atoms with van der Waals surface area (Å²) in [5.74, 6) is 1.41. The van der Waals surface area contributed by atoms with Gasteiger partial charge in [-0.2, -0.15) is 5.10 Å². The van der Waals surface area contributed by atoms with E-state index in [-0.39, 0.29) is 0 Å². The van der Waals surface area contributed by atoms with E-state index in [9.17, 15) is 0 Å². The highest BCUT2D eigenvalue weighted by Gasteiger charge is 2.06. The quantitative estimate of drug-likeness (QED) is 0.430. The Bertz CT molecular complexity index is 1150. The van der Waals surface area contributed by atoms with E-state index in [4.69, 9.17) is 11.6 Å². The van der Waals surface area contributed by atoms with E-state index in [0.717, 1.165) is 33.7 Å². The van der Waals surface area contributed by atoms with Crippen LogP contribution in [0.1, 0.15) is 17.0 Å². The van der Waals surface area contributed by atoms with Gasteiger partial charge in [0.2, 0.25) is 0 Å². The standard InChI is InChI=1S/C19H16ClN7/c1-12-13(2)27(11-24-12)18-7-14(5-6-21-18)9-25-26-19-16-4-3-15(20)8-17(16)22-10-23-19/h3-11H,1-2H3,(H,22,23,26)/b25-9+. The van der Waals surface area contributed by atoms with Crippen LogP contribution in [0.4, 0.5) is 5.82 Å². The molecule has 0 saturated carbocycles. The summed E-state index contributed by atoms with van der Waals surface area (Å²) >= 11 is 6.01. The number of pyridine rings is 1. The van der Waals surface area contributed by atoms with Gasteiger partial charge in [0.25, 0.3) is 0 Å². The lowest BCUT2D eigenvalue weighted by Gasteiger charge is -2.06. The van der Waals surface area contributed by atoms with Crippen molar-refractivity contribution in [2.75, 3.05) is 5.43 Å². The van der Waals surface area contributed by atoms with Crippen LogP contribution >= 0.6 is 11.6 Å². The van der Waals surface area contributed by atoms with Crippen molar-refractivity contribution in [2.24, 2.45) is 5.10 Å². The number of anilines is 1. The lowest BCUT2D eigenvalue weighted by atomic mass is 10.2. The molecule has 4 aromatic rings. The molecule has 0 atom stereocenters. The van der Waals surface area contributed by atoms with Crippen LogP contribution in [0, 0.1) is 13.8 Å². The minimum absolute atomic E-state index is 0.614. The van der Waals surface area contributed by atoms with E-state index >= 15 is 0 Å². The van der Waals surface area contributed by atoms with Crippen LogP contribution in [0.3, 0.4) is 0 Å². The molecule has 0 amide bonds. The van der Waals surface area contributed by atoms with Crippen LogP contribution in [-0.4, -0.2) is 30.7 Å². The molecule has 0 saturated heterocycles. The maximum absolute atomic E-state index is 6.01. The molecule has 3 aromatic heterocycles. The van der Waals surface area contributed by atoms with Gasteiger partial charge in [0.05, 0.1) is 17.4 Å². The van der Waals surface area contributed by atoms with Gasteiger partial charge in [-0.15, -0.1) is 0 Å². The second kappa shape index (κ2) is 7.13. The van der Waals surface area contributed by atoms with Crippen molar-refractivity contribution >= 4 is 34.5 Å². The Labute approximate surface area is 160 Å². The molecular formula is C19H16ClN7. The first kappa shape index (κ1) is 17.1. The molecular weight excluding hydrogens is 362 g/mol. The van der Waals surface area contributed by atoms with E-state index in [1.165, 1.54) is 6.33 Å². The first-order valence-corrected chi connectivity index (χ1v) is 8.66. The molecule has 0 fully saturated rings. The van der Waals surface area contributed by atoms with Gasteiger partial charge >= 0.3 is 0 Å². The molecule has 0 radical (unpaired) electrons. The van der Waals surface area contributed by atoms with Gasteiger partial charge in [0, 0.05) is 22.3 Å². The van der Waals surface area contributed by atoms with Crippen LogP contribution in [0.2, 0.25) is 5.02 Å². The molecule has 3 heterocycles. The van der Waals surface area contributed by atoms with Gasteiger partial charge in [-0.05, 0) is 49.7 Å². The largest absolute Gasteiger partial charge is 0.287 e. The molecule has 0 bridgehead atoms. The summed E-state index contributed by atoms with van der Waals surface area (Å²) in [6.07, 6.45) is 6.71. The molecule has 0 aliphatic rings. The molecule has 8 heteroatoms. The summed E-state index contributed by atoms with van der Waals surface area (Å²) in [7, 11) is 0. The number of hydrazone groups is 1. The van der Waals surface area contributed by atoms with E-state index in [1.54, 1.807) is 30.9 Å². The third-order valence-corrected chi connectivity index (χ3v) is 4.49. The number of hydrogen-bond donors (Lipinski definition) is 1. The predicted molar refractivity (Wildman–Crippen MR) is 107 cm³/mol. The number of rotatable bonds is 4. The molecule has 0 unspecified atom stereocenters. The lowest BCUT2D eigenvalue weighted by molar-refractivity contribution is 0.950. The Balaban J connectivity index is 1.58. The third-order valence-electron chi connectivity index (χ3n) is 4.25. The highest BCUT2D eigenvalue weighted by molar-refractivity contribution is 6.31. The first-order chi connectivity index (χ1) is 13.1. The number of hydrogen-bond acceptors (Lipinski definition) is 6. The van der Waals surface area contributed by atoms with Crippen molar-refractivity contribution in [2.45, 2.75) is 13.8 Å². The average Bonchev–Trinajstić information content (AvgIpc) is 3.01. The summed E-state index contributed by atoms with van der Waals surface area (Å²) in [5, 5.41) is 5.77. The average molecular weight is 378 g/mol. The van der Waals surface area contributed by atoms with Crippen LogP contribution in [0.15, 0.2) is 54.3 Å². The monoisotopic (exact) mass is 377 g/mol. The minimum Gasteiger partial charge on any atom is -0.287 e. The molecule has 27 heavy (non-hydrogen) atoms. The van der Waals surface area contributed by atoms with Gasteiger partial charge in [-0.1, -0.05) is 11.6 Å². The zero-order chi connectivity index (χ0) is 18.8. The van der Waals surface area contributed by atoms with Gasteiger partial charge in [0.15, 0.2) is 5.82 Å². The fourth-order valence-electron chi connectivity index (χ4n) is 2.66. The van der Waals surface area contributed by atoms with Gasteiger partial charge < -0.3 is 0 Å². The summed E-state index contributed by atoms with van der Waals surface area (Å²) in [4.78, 5) is 17.2. The number of nitrogens with zero attached hydrogens (tertiary/aromatic N) is 6. The van der Waals surface area contributed by atoms with Gasteiger partial charge in [-0.3, -0.25) is 9.99 Å². The van der Waals surface area contributed by atoms with Crippen molar-refractivity contribution in [3.8, 4) is 5.82 Å². The Morgan fingerprint density at radius 2 is 1.96 bits per heavy atom. The molecule has 1 aromatic carbocycles. The second-order valence-corrected chi connectivity index (χ2v) is 6.42. The maximum Gasteiger partial charge on any atom is 0.157 e. The van der Waals surface area contributed by atoms with Crippen LogP contribution in [-0.2, 0) is 0 Å². The van der Waals surface area contributed by atoms with Gasteiger partial charge in [-0.25, -0.2) is 19.9 Å². The van der Waals surface area contributed by atoms with Crippen molar-refractivity contribution in [3.63, 3.8) is 0 Å². The normalized spacial score (nSPS) is 11.4. The summed E-state index contributed by atoms with van der Waals surface area (Å²) in [6.45, 7) is 3.99. The number of imidazole rings is 1. The Morgan fingerprint density at radius 1 is 1.07 bits per heavy atom. The Kier molecular flexibility index (Phi) is 4.52. The fraction of sp³-hybridized carbons (Fsp3) is 0.105. The number of aryl methyl sites for hydroxylation is 1. The van der Waals surface area contributed by atoms with E-state index in [1.807, 2.05) is 36.6 Å². The maximum atomic E-state index is 6.01. The number of aromatic nitrogens is 5. The molecule has 0 spiro atoms. The topological polar surface area (TPSA) is 80.9 Å². The SMILES string of the molecule is Cc1ncn(-c2cc(/C=N/Nc3ncnc4cc(Cl)ccc34)ccn2)c1C. The molecule has 1 N–H and O–H groups in total. The van der Waals surface area contributed by atoms with Crippen LogP contribution < -0.4 is 5.43 Å². The number of nitrogens with one attached hydrogen (secondary N) is 1. The highest BCUT2D eigenvalue weighted by atomic mass is 35.5. The van der Waals surface area contributed by atoms with Crippen LogP contribution in [0.25, 0.3) is 16.7 Å². The van der Waals surface area contributed by atoms with Crippen LogP contribution in [0.5, 0.6) is 0 Å². The highest BCUT2D eigenvalue weighted by Crippen LogP contribution is 2.22. The van der Waals surface area contributed by atoms with Crippen molar-refractivity contribution < 1.29 is 0 Å². The van der Waals surface area contributed by atoms with Gasteiger partial charge in [0.1, 0.15) is 18.5 Å². The zero-order valence-corrected chi connectivity index (χ0v) is 15.5. The molecule has 0 aliphatic heterocycles. The predicted octanol–water partition coefficient (Wildman–Crippen LogP) is 3.93. The molecule has 7 nitrogen and oxygen atoms in total. The van der Waals surface area contributed by atoms with E-state index in [0.29, 0.717) is 10.8 Å². The first-order valence-electron chi connectivity index (χ1n) is 8.28. The van der Waals surface area contributed by atoms with Crippen molar-refractivity contribution in [1.29, 1.82) is 0 Å². The number of fused-ring (bicyclic) bond motifs is 1. The second-order valence-electron chi connectivity index (χ2n) is 5.99. The summed E-state index contributed by atoms with van der Waals surface area (Å²) in [6, 6.07) is 9.28. The van der Waals surface area contributed by atoms with Crippen molar-refractivity contribution in [1.82, 2.24) is 24.5 Å². The minimum atomic E-state index is 0.614.